The van der Waals surface area contributed by atoms with E-state index in [1.165, 1.54) is 62.1 Å². The molecule has 2 aliphatic carbocycles. The van der Waals surface area contributed by atoms with Crippen LogP contribution in [0.1, 0.15) is 51.4 Å². The lowest BCUT2D eigenvalue weighted by Crippen LogP contribution is -2.29. The monoisotopic (exact) mass is 344 g/mol. The van der Waals surface area contributed by atoms with Crippen molar-refractivity contribution in [2.75, 3.05) is 0 Å². The van der Waals surface area contributed by atoms with Gasteiger partial charge in [0.25, 0.3) is 0 Å². The zero-order valence-electron chi connectivity index (χ0n) is 13.8. The van der Waals surface area contributed by atoms with Gasteiger partial charge in [0.1, 0.15) is 0 Å². The Morgan fingerprint density at radius 1 is 0.783 bits per heavy atom. The first kappa shape index (κ1) is 15.9. The van der Waals surface area contributed by atoms with Crippen LogP contribution in [0.5, 0.6) is 0 Å². The van der Waals surface area contributed by atoms with E-state index < -0.39 is 7.26 Å². The summed E-state index contributed by atoms with van der Waals surface area (Å²) in [4.78, 5) is 0. The Kier molecular flexibility index (Phi) is 4.66. The van der Waals surface area contributed by atoms with Crippen LogP contribution >= 0.6 is 18.9 Å². The molecule has 23 heavy (non-hydrogen) atoms. The van der Waals surface area contributed by atoms with Gasteiger partial charge in [-0.05, 0) is 74.3 Å². The molecule has 2 fully saturated rings. The maximum absolute atomic E-state index is 6.69. The smallest absolute Gasteiger partial charge is 0.0671 e. The SMILES string of the molecule is Cl[CH-][P+](c1ccc2ccccc2c1)(C1CCCC1)C1CCCC1. The maximum Gasteiger partial charge on any atom is 0.0671 e. The minimum absolute atomic E-state index is 0.837. The molecule has 0 heterocycles. The summed E-state index contributed by atoms with van der Waals surface area (Å²) < 4.78 is 0. The Morgan fingerprint density at radius 3 is 1.91 bits per heavy atom. The van der Waals surface area contributed by atoms with Crippen LogP contribution in [-0.4, -0.2) is 11.3 Å². The third-order valence-electron chi connectivity index (χ3n) is 6.20. The fourth-order valence-electron chi connectivity index (χ4n) is 5.02. The topological polar surface area (TPSA) is 0 Å². The van der Waals surface area contributed by atoms with Gasteiger partial charge in [-0.1, -0.05) is 43.2 Å². The first-order valence-corrected chi connectivity index (χ1v) is 11.6. The van der Waals surface area contributed by atoms with E-state index in [0.717, 1.165) is 11.3 Å². The third-order valence-corrected chi connectivity index (χ3v) is 12.1. The third kappa shape index (κ3) is 2.73. The van der Waals surface area contributed by atoms with Gasteiger partial charge in [0, 0.05) is 11.3 Å². The molecule has 0 saturated heterocycles. The van der Waals surface area contributed by atoms with Crippen LogP contribution in [0, 0.1) is 5.62 Å². The van der Waals surface area contributed by atoms with Gasteiger partial charge < -0.3 is 11.6 Å². The molecule has 2 aromatic carbocycles. The lowest BCUT2D eigenvalue weighted by Gasteiger charge is -2.43. The van der Waals surface area contributed by atoms with Crippen molar-refractivity contribution in [2.45, 2.75) is 62.7 Å². The second-order valence-corrected chi connectivity index (χ2v) is 11.8. The Hall–Kier alpha value is -0.580. The van der Waals surface area contributed by atoms with Gasteiger partial charge in [0.15, 0.2) is 0 Å². The summed E-state index contributed by atoms with van der Waals surface area (Å²) in [5.74, 6) is 0. The highest BCUT2D eigenvalue weighted by Crippen LogP contribution is 2.75. The van der Waals surface area contributed by atoms with Crippen molar-refractivity contribution >= 4 is 34.9 Å². The van der Waals surface area contributed by atoms with Gasteiger partial charge in [0.2, 0.25) is 0 Å². The fourth-order valence-corrected chi connectivity index (χ4v) is 11.3. The second kappa shape index (κ2) is 6.73. The summed E-state index contributed by atoms with van der Waals surface area (Å²) in [6.07, 6.45) is 11.2. The number of benzene rings is 2. The average molecular weight is 345 g/mol. The van der Waals surface area contributed by atoms with Gasteiger partial charge in [-0.2, -0.15) is 0 Å². The summed E-state index contributed by atoms with van der Waals surface area (Å²) in [6, 6.07) is 16.0. The maximum atomic E-state index is 6.69. The van der Waals surface area contributed by atoms with Crippen LogP contribution in [0.2, 0.25) is 0 Å². The Morgan fingerprint density at radius 2 is 1.35 bits per heavy atom. The highest BCUT2D eigenvalue weighted by molar-refractivity contribution is 7.87. The molecule has 0 bridgehead atoms. The molecule has 0 atom stereocenters. The summed E-state index contributed by atoms with van der Waals surface area (Å²) >= 11 is 6.69. The summed E-state index contributed by atoms with van der Waals surface area (Å²) in [5, 5.41) is 4.30. The van der Waals surface area contributed by atoms with Crippen molar-refractivity contribution in [1.29, 1.82) is 0 Å². The lowest BCUT2D eigenvalue weighted by molar-refractivity contribution is 0.823. The number of hydrogen-bond donors (Lipinski definition) is 0. The number of rotatable bonds is 4. The van der Waals surface area contributed by atoms with Crippen LogP contribution in [0.25, 0.3) is 10.8 Å². The quantitative estimate of drug-likeness (QED) is 0.426. The molecule has 2 heteroatoms. The molecule has 2 saturated carbocycles. The van der Waals surface area contributed by atoms with Crippen LogP contribution in [0.3, 0.4) is 0 Å². The average Bonchev–Trinajstić information content (AvgIpc) is 3.30. The van der Waals surface area contributed by atoms with Gasteiger partial charge in [-0.3, -0.25) is 0 Å². The minimum Gasteiger partial charge on any atom is -0.304 e. The second-order valence-electron chi connectivity index (χ2n) is 7.34. The van der Waals surface area contributed by atoms with Crippen molar-refractivity contribution in [3.63, 3.8) is 0 Å². The molecule has 0 spiro atoms. The molecular weight excluding hydrogens is 319 g/mol. The van der Waals surface area contributed by atoms with E-state index in [0.29, 0.717) is 0 Å². The van der Waals surface area contributed by atoms with Crippen molar-refractivity contribution in [3.05, 3.63) is 48.1 Å². The number of halogens is 1. The lowest BCUT2D eigenvalue weighted by atomic mass is 10.1. The summed E-state index contributed by atoms with van der Waals surface area (Å²) in [7, 11) is -1.39. The van der Waals surface area contributed by atoms with Crippen LogP contribution in [-0.2, 0) is 0 Å². The van der Waals surface area contributed by atoms with Gasteiger partial charge >= 0.3 is 0 Å². The molecule has 0 amide bonds. The van der Waals surface area contributed by atoms with Gasteiger partial charge in [-0.15, -0.1) is 0 Å². The van der Waals surface area contributed by atoms with Crippen molar-refractivity contribution in [3.8, 4) is 0 Å². The van der Waals surface area contributed by atoms with E-state index in [-0.39, 0.29) is 0 Å². The molecule has 2 aliphatic rings. The van der Waals surface area contributed by atoms with Crippen LogP contribution in [0.15, 0.2) is 42.5 Å². The molecule has 0 N–H and O–H groups in total. The highest BCUT2D eigenvalue weighted by Gasteiger charge is 2.48. The van der Waals surface area contributed by atoms with Gasteiger partial charge in [0.05, 0.1) is 5.30 Å². The molecule has 0 nitrogen and oxygen atoms in total. The Balaban J connectivity index is 1.84. The van der Waals surface area contributed by atoms with E-state index in [1.807, 2.05) is 0 Å². The molecule has 122 valence electrons. The predicted octanol–water partition coefficient (Wildman–Crippen LogP) is 6.73. The minimum atomic E-state index is -1.39. The van der Waals surface area contributed by atoms with E-state index in [1.54, 1.807) is 5.30 Å². The first-order valence-electron chi connectivity index (χ1n) is 9.16. The zero-order chi connectivity index (χ0) is 15.7. The van der Waals surface area contributed by atoms with E-state index in [9.17, 15) is 0 Å². The zero-order valence-corrected chi connectivity index (χ0v) is 15.4. The number of fused-ring (bicyclic) bond motifs is 1. The molecule has 2 aromatic rings. The molecule has 0 aromatic heterocycles. The summed E-state index contributed by atoms with van der Waals surface area (Å²) in [6.45, 7) is 0. The largest absolute Gasteiger partial charge is 0.304 e. The van der Waals surface area contributed by atoms with Crippen LogP contribution < -0.4 is 5.30 Å². The molecule has 0 unspecified atom stereocenters. The van der Waals surface area contributed by atoms with E-state index in [4.69, 9.17) is 11.6 Å². The molecule has 4 rings (SSSR count). The highest BCUT2D eigenvalue weighted by atomic mass is 35.5. The predicted molar refractivity (Wildman–Crippen MR) is 105 cm³/mol. The van der Waals surface area contributed by atoms with Crippen molar-refractivity contribution < 1.29 is 0 Å². The van der Waals surface area contributed by atoms with E-state index in [2.05, 4.69) is 48.1 Å². The van der Waals surface area contributed by atoms with Crippen molar-refractivity contribution in [1.82, 2.24) is 0 Å². The Bertz CT molecular complexity index is 652. The standard InChI is InChI=1S/C21H26ClP/c22-16-23(19-9-3-4-10-19,20-11-5-6-12-20)21-14-13-17-7-1-2-8-18(17)15-21/h1-2,7-8,13-16,19-20H,3-6,9-12H2. The summed E-state index contributed by atoms with van der Waals surface area (Å²) in [5.41, 5.74) is 3.86. The fraction of sp³-hybridized carbons (Fsp3) is 0.476. The number of hydrogen-bond acceptors (Lipinski definition) is 0. The first-order chi connectivity index (χ1) is 11.3. The van der Waals surface area contributed by atoms with E-state index >= 15 is 0 Å². The molecule has 0 aliphatic heterocycles. The van der Waals surface area contributed by atoms with Crippen molar-refractivity contribution in [2.24, 2.45) is 0 Å². The van der Waals surface area contributed by atoms with Gasteiger partial charge in [-0.25, -0.2) is 0 Å². The molecule has 0 radical (unpaired) electrons. The van der Waals surface area contributed by atoms with Crippen LogP contribution in [0.4, 0.5) is 0 Å². The molecular formula is C21H26ClP. The normalized spacial score (nSPS) is 20.6. The Labute approximate surface area is 146 Å².